The monoisotopic (exact) mass is 221 g/mol. The summed E-state index contributed by atoms with van der Waals surface area (Å²) in [4.78, 5) is 3.96. The van der Waals surface area contributed by atoms with Gasteiger partial charge in [-0.1, -0.05) is 0 Å². The molecule has 1 heterocycles. The first kappa shape index (κ1) is 12.4. The minimum absolute atomic E-state index is 0.0447. The number of aromatic nitrogens is 1. The molecule has 1 N–H and O–H groups in total. The van der Waals surface area contributed by atoms with Crippen molar-refractivity contribution in [2.75, 3.05) is 32.7 Å². The number of nitrogens with one attached hydrogen (secondary N) is 1. The molecular weight excluding hydrogens is 206 g/mol. The van der Waals surface area contributed by atoms with Gasteiger partial charge in [-0.05, 0) is 6.07 Å². The minimum atomic E-state index is -0.0447. The molecule has 1 aromatic rings. The number of nitrogens with zero attached hydrogens (tertiary/aromatic N) is 2. The second-order valence-corrected chi connectivity index (χ2v) is 3.23. The highest BCUT2D eigenvalue weighted by molar-refractivity contribution is 5.55. The number of ether oxygens (including phenoxy) is 2. The second-order valence-electron chi connectivity index (χ2n) is 3.23. The van der Waals surface area contributed by atoms with Crippen LogP contribution in [0.25, 0.3) is 0 Å². The van der Waals surface area contributed by atoms with E-state index < -0.39 is 0 Å². The standard InChI is InChI=1S/C11H15N3O2/c1-15-8-10(16-2)6-14-11-7-13-4-3-9(11)5-12/h3-4,7,10,14H,6,8H2,1-2H3. The first-order valence-corrected chi connectivity index (χ1v) is 4.91. The van der Waals surface area contributed by atoms with E-state index in [0.29, 0.717) is 24.4 Å². The van der Waals surface area contributed by atoms with Gasteiger partial charge in [0.1, 0.15) is 6.07 Å². The molecule has 0 amide bonds. The van der Waals surface area contributed by atoms with Crippen molar-refractivity contribution in [3.05, 3.63) is 24.0 Å². The second kappa shape index (κ2) is 6.77. The maximum Gasteiger partial charge on any atom is 0.101 e. The Balaban J connectivity index is 2.56. The summed E-state index contributed by atoms with van der Waals surface area (Å²) in [6, 6.07) is 3.76. The van der Waals surface area contributed by atoms with E-state index in [1.807, 2.05) is 0 Å². The van der Waals surface area contributed by atoms with Gasteiger partial charge in [-0.15, -0.1) is 0 Å². The minimum Gasteiger partial charge on any atom is -0.382 e. The summed E-state index contributed by atoms with van der Waals surface area (Å²) in [5.41, 5.74) is 1.28. The number of methoxy groups -OCH3 is 2. The Hall–Kier alpha value is -1.64. The molecule has 1 aromatic heterocycles. The van der Waals surface area contributed by atoms with Crippen LogP contribution in [0.4, 0.5) is 5.69 Å². The van der Waals surface area contributed by atoms with Gasteiger partial charge in [-0.3, -0.25) is 4.98 Å². The van der Waals surface area contributed by atoms with Gasteiger partial charge in [0.25, 0.3) is 0 Å². The zero-order chi connectivity index (χ0) is 11.8. The lowest BCUT2D eigenvalue weighted by Gasteiger charge is -2.16. The van der Waals surface area contributed by atoms with Crippen molar-refractivity contribution < 1.29 is 9.47 Å². The van der Waals surface area contributed by atoms with Gasteiger partial charge in [0.15, 0.2) is 0 Å². The van der Waals surface area contributed by atoms with Crippen molar-refractivity contribution >= 4 is 5.69 Å². The molecule has 5 heteroatoms. The van der Waals surface area contributed by atoms with Crippen molar-refractivity contribution in [3.63, 3.8) is 0 Å². The molecule has 0 aromatic carbocycles. The first-order valence-electron chi connectivity index (χ1n) is 4.91. The third kappa shape index (κ3) is 3.50. The Morgan fingerprint density at radius 2 is 2.38 bits per heavy atom. The molecular formula is C11H15N3O2. The van der Waals surface area contributed by atoms with E-state index in [2.05, 4.69) is 16.4 Å². The molecule has 1 unspecified atom stereocenters. The van der Waals surface area contributed by atoms with Crippen molar-refractivity contribution in [1.29, 1.82) is 5.26 Å². The van der Waals surface area contributed by atoms with Crippen LogP contribution in [0, 0.1) is 11.3 Å². The van der Waals surface area contributed by atoms with Gasteiger partial charge in [0.05, 0.1) is 30.2 Å². The Morgan fingerprint density at radius 1 is 1.56 bits per heavy atom. The van der Waals surface area contributed by atoms with Gasteiger partial charge in [0.2, 0.25) is 0 Å². The average Bonchev–Trinajstić information content (AvgIpc) is 2.34. The van der Waals surface area contributed by atoms with Gasteiger partial charge in [0, 0.05) is 27.0 Å². The predicted molar refractivity (Wildman–Crippen MR) is 60.1 cm³/mol. The molecule has 5 nitrogen and oxygen atoms in total. The highest BCUT2D eigenvalue weighted by atomic mass is 16.5. The van der Waals surface area contributed by atoms with E-state index in [1.54, 1.807) is 32.7 Å². The van der Waals surface area contributed by atoms with E-state index in [-0.39, 0.29) is 6.10 Å². The van der Waals surface area contributed by atoms with Crippen LogP contribution in [0.1, 0.15) is 5.56 Å². The molecule has 0 aliphatic heterocycles. The van der Waals surface area contributed by atoms with Crippen molar-refractivity contribution in [3.8, 4) is 6.07 Å². The fraction of sp³-hybridized carbons (Fsp3) is 0.455. The molecule has 0 saturated heterocycles. The molecule has 0 aliphatic carbocycles. The van der Waals surface area contributed by atoms with Crippen LogP contribution in [0.3, 0.4) is 0 Å². The number of anilines is 1. The summed E-state index contributed by atoms with van der Waals surface area (Å²) in [7, 11) is 3.25. The summed E-state index contributed by atoms with van der Waals surface area (Å²) in [6.07, 6.45) is 3.17. The molecule has 0 saturated carbocycles. The lowest BCUT2D eigenvalue weighted by Crippen LogP contribution is -2.26. The molecule has 0 aliphatic rings. The van der Waals surface area contributed by atoms with E-state index >= 15 is 0 Å². The van der Waals surface area contributed by atoms with Gasteiger partial charge in [-0.25, -0.2) is 0 Å². The number of nitriles is 1. The quantitative estimate of drug-likeness (QED) is 0.777. The number of pyridine rings is 1. The molecule has 0 radical (unpaired) electrons. The predicted octanol–water partition coefficient (Wildman–Crippen LogP) is 1.03. The average molecular weight is 221 g/mol. The molecule has 1 rings (SSSR count). The van der Waals surface area contributed by atoms with Crippen LogP contribution in [-0.4, -0.2) is 38.5 Å². The Bertz CT molecular complexity index is 362. The normalized spacial score (nSPS) is 11.8. The third-order valence-corrected chi connectivity index (χ3v) is 2.15. The highest BCUT2D eigenvalue weighted by Gasteiger charge is 2.08. The molecule has 1 atom stereocenters. The topological polar surface area (TPSA) is 67.2 Å². The van der Waals surface area contributed by atoms with Crippen molar-refractivity contribution in [1.82, 2.24) is 4.98 Å². The Kier molecular flexibility index (Phi) is 5.26. The lowest BCUT2D eigenvalue weighted by atomic mass is 10.2. The SMILES string of the molecule is COCC(CNc1cnccc1C#N)OC. The van der Waals surface area contributed by atoms with Crippen LogP contribution in [0.5, 0.6) is 0 Å². The van der Waals surface area contributed by atoms with Gasteiger partial charge < -0.3 is 14.8 Å². The summed E-state index contributed by atoms with van der Waals surface area (Å²) in [6.45, 7) is 1.08. The van der Waals surface area contributed by atoms with E-state index in [0.717, 1.165) is 0 Å². The molecule has 0 spiro atoms. The van der Waals surface area contributed by atoms with Crippen LogP contribution < -0.4 is 5.32 Å². The summed E-state index contributed by atoms with van der Waals surface area (Å²) >= 11 is 0. The van der Waals surface area contributed by atoms with Crippen molar-refractivity contribution in [2.45, 2.75) is 6.10 Å². The van der Waals surface area contributed by atoms with Crippen LogP contribution in [0.2, 0.25) is 0 Å². The summed E-state index contributed by atoms with van der Waals surface area (Å²) < 4.78 is 10.2. The first-order chi connectivity index (χ1) is 7.81. The largest absolute Gasteiger partial charge is 0.382 e. The van der Waals surface area contributed by atoms with E-state index in [9.17, 15) is 0 Å². The Morgan fingerprint density at radius 3 is 3.00 bits per heavy atom. The van der Waals surface area contributed by atoms with E-state index in [1.165, 1.54) is 0 Å². The van der Waals surface area contributed by atoms with Gasteiger partial charge >= 0.3 is 0 Å². The summed E-state index contributed by atoms with van der Waals surface area (Å²) in [5.74, 6) is 0. The third-order valence-electron chi connectivity index (χ3n) is 2.15. The molecule has 16 heavy (non-hydrogen) atoms. The van der Waals surface area contributed by atoms with Gasteiger partial charge in [-0.2, -0.15) is 5.26 Å². The fourth-order valence-corrected chi connectivity index (χ4v) is 1.25. The maximum absolute atomic E-state index is 8.87. The lowest BCUT2D eigenvalue weighted by molar-refractivity contribution is 0.0365. The summed E-state index contributed by atoms with van der Waals surface area (Å²) in [5, 5.41) is 12.0. The van der Waals surface area contributed by atoms with Crippen LogP contribution >= 0.6 is 0 Å². The maximum atomic E-state index is 8.87. The van der Waals surface area contributed by atoms with Crippen molar-refractivity contribution in [2.24, 2.45) is 0 Å². The Labute approximate surface area is 95.0 Å². The smallest absolute Gasteiger partial charge is 0.101 e. The highest BCUT2D eigenvalue weighted by Crippen LogP contribution is 2.11. The number of hydrogen-bond donors (Lipinski definition) is 1. The molecule has 0 fully saturated rings. The fourth-order valence-electron chi connectivity index (χ4n) is 1.25. The molecule has 0 bridgehead atoms. The van der Waals surface area contributed by atoms with Crippen LogP contribution in [-0.2, 0) is 9.47 Å². The van der Waals surface area contributed by atoms with Crippen LogP contribution in [0.15, 0.2) is 18.5 Å². The number of rotatable bonds is 6. The zero-order valence-electron chi connectivity index (χ0n) is 9.43. The zero-order valence-corrected chi connectivity index (χ0v) is 9.43. The molecule has 86 valence electrons. The van der Waals surface area contributed by atoms with E-state index in [4.69, 9.17) is 14.7 Å². The number of hydrogen-bond acceptors (Lipinski definition) is 5.